The molecule has 2 aliphatic rings. The number of hydrogen-bond donors (Lipinski definition) is 4. The lowest BCUT2D eigenvalue weighted by Crippen LogP contribution is -2.60. The van der Waals surface area contributed by atoms with E-state index in [2.05, 4.69) is 38.1 Å². The number of amides is 2. The maximum absolute atomic E-state index is 14.9. The molecule has 408 valence electrons. The van der Waals surface area contributed by atoms with Crippen LogP contribution in [0.15, 0.2) is 95.5 Å². The first-order chi connectivity index (χ1) is 36.3. The maximum atomic E-state index is 14.9. The van der Waals surface area contributed by atoms with Crippen LogP contribution in [0, 0.1) is 11.3 Å². The third kappa shape index (κ3) is 13.3. The first kappa shape index (κ1) is 56.5. The van der Waals surface area contributed by atoms with Crippen molar-refractivity contribution >= 4 is 65.5 Å². The summed E-state index contributed by atoms with van der Waals surface area (Å²) >= 11 is 1.57. The number of fused-ring (bicyclic) bond motifs is 4. The lowest BCUT2D eigenvalue weighted by atomic mass is 9.73. The normalized spacial score (nSPS) is 17.1. The summed E-state index contributed by atoms with van der Waals surface area (Å²) < 4.78 is 57.3. The topological polar surface area (TPSA) is 206 Å². The van der Waals surface area contributed by atoms with E-state index in [4.69, 9.17) is 29.4 Å². The zero-order valence-electron chi connectivity index (χ0n) is 45.1. The first-order valence-corrected chi connectivity index (χ1v) is 28.7. The molecule has 1 aliphatic heterocycles. The van der Waals surface area contributed by atoms with Crippen LogP contribution < -0.4 is 31.2 Å². The number of aryl methyl sites for hydroxylation is 1. The van der Waals surface area contributed by atoms with Gasteiger partial charge in [0.05, 0.1) is 77.6 Å². The molecule has 2 aromatic heterocycles. The highest BCUT2D eigenvalue weighted by molar-refractivity contribution is 7.92. The molecule has 5 atom stereocenters. The van der Waals surface area contributed by atoms with Crippen molar-refractivity contribution in [3.63, 3.8) is 0 Å². The minimum absolute atomic E-state index is 0.0815. The lowest BCUT2D eigenvalue weighted by molar-refractivity contribution is -0.149. The van der Waals surface area contributed by atoms with Crippen LogP contribution in [0.4, 0.5) is 11.4 Å². The predicted molar refractivity (Wildman–Crippen MR) is 299 cm³/mol. The average molecular weight is 1080 g/mol. The number of sulfone groups is 1. The van der Waals surface area contributed by atoms with E-state index in [9.17, 15) is 18.0 Å². The van der Waals surface area contributed by atoms with Gasteiger partial charge in [0.15, 0.2) is 9.84 Å². The molecule has 0 bridgehead atoms. The molecule has 0 saturated heterocycles. The molecular weight excluding hydrogens is 1000 g/mol. The first-order valence-electron chi connectivity index (χ1n) is 26.3. The molecule has 0 spiro atoms. The molecule has 1 aliphatic carbocycles. The Hall–Kier alpha value is -5.73. The van der Waals surface area contributed by atoms with Crippen molar-refractivity contribution in [1.29, 1.82) is 0 Å². The molecule has 18 heteroatoms. The van der Waals surface area contributed by atoms with E-state index in [1.807, 2.05) is 89.3 Å². The monoisotopic (exact) mass is 1080 g/mol. The molecular formula is C58H75N7O9S2. The van der Waals surface area contributed by atoms with E-state index < -0.39 is 38.0 Å². The molecule has 3 heterocycles. The van der Waals surface area contributed by atoms with Crippen LogP contribution in [0.25, 0.3) is 21.1 Å². The van der Waals surface area contributed by atoms with Crippen molar-refractivity contribution in [3.8, 4) is 11.5 Å². The highest BCUT2D eigenvalue weighted by atomic mass is 32.2. The van der Waals surface area contributed by atoms with Crippen molar-refractivity contribution in [3.05, 3.63) is 113 Å². The number of thiazole rings is 1. The van der Waals surface area contributed by atoms with Crippen LogP contribution in [-0.4, -0.2) is 118 Å². The minimum atomic E-state index is -3.82. The van der Waals surface area contributed by atoms with E-state index in [-0.39, 0.29) is 54.3 Å². The number of nitrogens with two attached hydrogens (primary N) is 1. The van der Waals surface area contributed by atoms with E-state index in [1.54, 1.807) is 60.8 Å². The fourth-order valence-corrected chi connectivity index (χ4v) is 12.0. The third-order valence-corrected chi connectivity index (χ3v) is 17.8. The largest absolute Gasteiger partial charge is 0.491 e. The number of pyridine rings is 1. The van der Waals surface area contributed by atoms with Gasteiger partial charge in [-0.3, -0.25) is 14.6 Å². The van der Waals surface area contributed by atoms with Crippen LogP contribution >= 0.6 is 11.3 Å². The second-order valence-electron chi connectivity index (χ2n) is 21.8. The number of nitrogens with zero attached hydrogens (tertiary/aromatic N) is 3. The molecule has 0 radical (unpaired) electrons. The van der Waals surface area contributed by atoms with Crippen LogP contribution in [0.1, 0.15) is 89.6 Å². The van der Waals surface area contributed by atoms with Gasteiger partial charge >= 0.3 is 0 Å². The summed E-state index contributed by atoms with van der Waals surface area (Å²) in [6.45, 7) is 15.6. The smallest absolute Gasteiger partial charge is 0.243 e. The van der Waals surface area contributed by atoms with E-state index >= 15 is 0 Å². The molecule has 4 aromatic carbocycles. The highest BCUT2D eigenvalue weighted by Crippen LogP contribution is 2.39. The minimum Gasteiger partial charge on any atom is -0.491 e. The third-order valence-electron chi connectivity index (χ3n) is 14.4. The van der Waals surface area contributed by atoms with Gasteiger partial charge in [0.2, 0.25) is 11.8 Å². The summed E-state index contributed by atoms with van der Waals surface area (Å²) in [5, 5.41) is 10.6. The summed E-state index contributed by atoms with van der Waals surface area (Å²) in [6.07, 6.45) is 4.86. The van der Waals surface area contributed by atoms with Crippen LogP contribution in [0.3, 0.4) is 0 Å². The molecule has 8 rings (SSSR count). The van der Waals surface area contributed by atoms with Crippen molar-refractivity contribution in [1.82, 2.24) is 25.5 Å². The Morgan fingerprint density at radius 2 is 1.53 bits per heavy atom. The van der Waals surface area contributed by atoms with Crippen molar-refractivity contribution in [2.75, 3.05) is 65.2 Å². The van der Waals surface area contributed by atoms with Crippen LogP contribution in [0.2, 0.25) is 0 Å². The summed E-state index contributed by atoms with van der Waals surface area (Å²) in [7, 11) is -1.98. The number of ether oxygens (including phenoxy) is 5. The summed E-state index contributed by atoms with van der Waals surface area (Å²) in [5.41, 5.74) is 15.5. The number of aromatic nitrogens is 2. The number of benzene rings is 4. The highest BCUT2D eigenvalue weighted by Gasteiger charge is 2.45. The van der Waals surface area contributed by atoms with Gasteiger partial charge in [0.1, 0.15) is 35.7 Å². The van der Waals surface area contributed by atoms with Gasteiger partial charge in [-0.1, -0.05) is 51.1 Å². The molecule has 5 N–H and O–H groups in total. The quantitative estimate of drug-likeness (QED) is 0.0443. The second-order valence-corrected chi connectivity index (χ2v) is 25.3. The standard InChI is InChI=1S/C58H75N7O9S2/c1-37(60-8)54(59)53(57(2,3)4)56(67)65-35-40-30-42(18-16-39(40)31-49(65)55(66)64-45-15-11-13-38-12-9-10-14-43(38)45)73-28-26-71-24-22-70-23-25-72-27-29-74-50-34-47-44(33-52(50)76(68,69)58(5,6)7)46(20-21-61-47)63-41-17-19-51-48(32-41)62-36-75-51/h9-10,12,14,16-21,30,32-34,36-37,45,49,53-54,60H,11,13,15,22-29,31,35,59H2,1-8H3,(H,61,63)(H,64,66)/t37-,45-,49-,53-,54?/m0/s1. The molecule has 16 nitrogen and oxygen atoms in total. The second kappa shape index (κ2) is 24.7. The van der Waals surface area contributed by atoms with Crippen molar-refractivity contribution in [2.24, 2.45) is 17.1 Å². The van der Waals surface area contributed by atoms with Crippen molar-refractivity contribution in [2.45, 2.75) is 115 Å². The van der Waals surface area contributed by atoms with Gasteiger partial charge in [0.25, 0.3) is 0 Å². The SMILES string of the molecule is CN[C@@H](C)C(N)[C@@H](C(=O)N1Cc2cc(OCCOCCOCCOCCOc3cc4nccc(Nc5ccc6scnc6c5)c4cc3S(=O)(=O)C(C)(C)C)ccc2C[C@H]1C(=O)N[C@H]1CCCc2ccccc21)C(C)(C)C. The Kier molecular flexibility index (Phi) is 18.4. The van der Waals surface area contributed by atoms with E-state index in [0.717, 1.165) is 51.9 Å². The number of rotatable bonds is 23. The Labute approximate surface area is 451 Å². The Morgan fingerprint density at radius 1 is 0.816 bits per heavy atom. The zero-order valence-corrected chi connectivity index (χ0v) is 46.8. The fourth-order valence-electron chi connectivity index (χ4n) is 10.0. The Bertz CT molecular complexity index is 3080. The van der Waals surface area contributed by atoms with Gasteiger partial charge in [-0.25, -0.2) is 13.4 Å². The summed E-state index contributed by atoms with van der Waals surface area (Å²) in [6, 6.07) is 23.8. The fraction of sp³-hybridized carbons (Fsp3) is 0.483. The van der Waals surface area contributed by atoms with Gasteiger partial charge in [0, 0.05) is 54.1 Å². The van der Waals surface area contributed by atoms with Gasteiger partial charge < -0.3 is 50.3 Å². The molecule has 76 heavy (non-hydrogen) atoms. The average Bonchev–Trinajstić information content (AvgIpc) is 3.95. The van der Waals surface area contributed by atoms with E-state index in [0.29, 0.717) is 68.4 Å². The molecule has 0 saturated carbocycles. The molecule has 2 amide bonds. The van der Waals surface area contributed by atoms with Gasteiger partial charge in [-0.2, -0.15) is 0 Å². The van der Waals surface area contributed by atoms with Gasteiger partial charge in [-0.05, 0) is 124 Å². The van der Waals surface area contributed by atoms with E-state index in [1.165, 1.54) is 5.56 Å². The number of carbonyl (C=O) groups excluding carboxylic acids is 2. The predicted octanol–water partition coefficient (Wildman–Crippen LogP) is 8.71. The summed E-state index contributed by atoms with van der Waals surface area (Å²) in [5.74, 6) is 0.0146. The van der Waals surface area contributed by atoms with Crippen molar-refractivity contribution < 1.29 is 41.7 Å². The number of nitrogens with one attached hydrogen (secondary N) is 3. The Balaban J connectivity index is 0.793. The van der Waals surface area contributed by atoms with Crippen LogP contribution in [-0.2, 0) is 53.0 Å². The number of hydrogen-bond acceptors (Lipinski definition) is 15. The van der Waals surface area contributed by atoms with Gasteiger partial charge in [-0.15, -0.1) is 11.3 Å². The Morgan fingerprint density at radius 3 is 2.24 bits per heavy atom. The van der Waals surface area contributed by atoms with Crippen LogP contribution in [0.5, 0.6) is 11.5 Å². The summed E-state index contributed by atoms with van der Waals surface area (Å²) in [4.78, 5) is 40.1. The number of likely N-dealkylation sites (N-methyl/N-ethyl adjacent to an activating group) is 1. The lowest BCUT2D eigenvalue weighted by Gasteiger charge is -2.44. The molecule has 1 unspecified atom stereocenters. The number of anilines is 2. The number of carbonyl (C=O) groups is 2. The zero-order chi connectivity index (χ0) is 54.2. The molecule has 0 fully saturated rings. The molecule has 6 aromatic rings. The maximum Gasteiger partial charge on any atom is 0.243 e.